The summed E-state index contributed by atoms with van der Waals surface area (Å²) in [5.41, 5.74) is 1.53. The summed E-state index contributed by atoms with van der Waals surface area (Å²) < 4.78 is 0. The first-order valence-electron chi connectivity index (χ1n) is 4.71. The summed E-state index contributed by atoms with van der Waals surface area (Å²) in [5.74, 6) is -0.0432. The van der Waals surface area contributed by atoms with Gasteiger partial charge in [-0.3, -0.25) is 4.79 Å². The second kappa shape index (κ2) is 3.29. The van der Waals surface area contributed by atoms with Gasteiger partial charge < -0.3 is 9.97 Å². The monoisotopic (exact) mass is 192 g/mol. The van der Waals surface area contributed by atoms with E-state index in [2.05, 4.69) is 9.97 Å². The smallest absolute Gasteiger partial charge is 0.310 e. The molecular weight excluding hydrogens is 180 g/mol. The number of ketones is 1. The van der Waals surface area contributed by atoms with E-state index in [1.807, 2.05) is 6.08 Å². The first-order valence-corrected chi connectivity index (χ1v) is 4.71. The highest BCUT2D eigenvalue weighted by atomic mass is 16.1. The third-order valence-electron chi connectivity index (χ3n) is 2.47. The number of imidazole rings is 1. The summed E-state index contributed by atoms with van der Waals surface area (Å²) in [6, 6.07) is 0. The minimum Gasteiger partial charge on any atom is -0.310 e. The van der Waals surface area contributed by atoms with Gasteiger partial charge in [-0.15, -0.1) is 0 Å². The summed E-state index contributed by atoms with van der Waals surface area (Å²) in [6.45, 7) is 1.72. The Morgan fingerprint density at radius 1 is 1.43 bits per heavy atom. The molecule has 2 rings (SSSR count). The fourth-order valence-electron chi connectivity index (χ4n) is 1.74. The SMILES string of the molecule is Cc1[nH]c(=O)[nH]c1C(=O)C1=CCCC1. The van der Waals surface area contributed by atoms with Gasteiger partial charge in [-0.1, -0.05) is 6.08 Å². The maximum absolute atomic E-state index is 11.8. The standard InChI is InChI=1S/C10H12N2O2/c1-6-8(12-10(14)11-6)9(13)7-4-2-3-5-7/h4H,2-3,5H2,1H3,(H2,11,12,14). The minimum absolute atomic E-state index is 0.0432. The Labute approximate surface area is 81.0 Å². The lowest BCUT2D eigenvalue weighted by atomic mass is 10.1. The molecule has 1 aliphatic carbocycles. The van der Waals surface area contributed by atoms with Gasteiger partial charge in [0.2, 0.25) is 5.78 Å². The second-order valence-corrected chi connectivity index (χ2v) is 3.53. The van der Waals surface area contributed by atoms with Crippen molar-refractivity contribution in [1.82, 2.24) is 9.97 Å². The predicted octanol–water partition coefficient (Wildman–Crippen LogP) is 1.30. The first kappa shape index (κ1) is 8.99. The van der Waals surface area contributed by atoms with E-state index in [0.717, 1.165) is 24.8 Å². The van der Waals surface area contributed by atoms with E-state index in [0.29, 0.717) is 11.4 Å². The van der Waals surface area contributed by atoms with E-state index in [1.54, 1.807) is 6.92 Å². The zero-order chi connectivity index (χ0) is 10.1. The average Bonchev–Trinajstić information content (AvgIpc) is 2.73. The lowest BCUT2D eigenvalue weighted by molar-refractivity contribution is 0.102. The van der Waals surface area contributed by atoms with Gasteiger partial charge in [0.25, 0.3) is 0 Å². The van der Waals surface area contributed by atoms with Crippen molar-refractivity contribution in [1.29, 1.82) is 0 Å². The van der Waals surface area contributed by atoms with Crippen LogP contribution in [0.1, 0.15) is 35.4 Å². The molecule has 0 spiro atoms. The number of hydrogen-bond donors (Lipinski definition) is 2. The number of Topliss-reactive ketones (excluding diaryl/α,β-unsaturated/α-hetero) is 1. The van der Waals surface area contributed by atoms with E-state index in [-0.39, 0.29) is 11.5 Å². The van der Waals surface area contributed by atoms with E-state index in [4.69, 9.17) is 0 Å². The van der Waals surface area contributed by atoms with Crippen LogP contribution in [0.2, 0.25) is 0 Å². The molecule has 0 saturated heterocycles. The second-order valence-electron chi connectivity index (χ2n) is 3.53. The molecule has 1 aliphatic rings. The quantitative estimate of drug-likeness (QED) is 0.694. The molecule has 0 unspecified atom stereocenters. The number of H-pyrrole nitrogens is 2. The van der Waals surface area contributed by atoms with Gasteiger partial charge in [-0.2, -0.15) is 0 Å². The van der Waals surface area contributed by atoms with Crippen LogP contribution in [-0.4, -0.2) is 15.8 Å². The highest BCUT2D eigenvalue weighted by Gasteiger charge is 2.18. The van der Waals surface area contributed by atoms with Crippen molar-refractivity contribution < 1.29 is 4.79 Å². The van der Waals surface area contributed by atoms with E-state index in [1.165, 1.54) is 0 Å². The Balaban J connectivity index is 2.35. The van der Waals surface area contributed by atoms with Crippen LogP contribution in [0.3, 0.4) is 0 Å². The highest BCUT2D eigenvalue weighted by Crippen LogP contribution is 2.21. The minimum atomic E-state index is -0.315. The molecule has 0 saturated carbocycles. The summed E-state index contributed by atoms with van der Waals surface area (Å²) in [5, 5.41) is 0. The lowest BCUT2D eigenvalue weighted by Crippen LogP contribution is -2.06. The lowest BCUT2D eigenvalue weighted by Gasteiger charge is -1.98. The number of nitrogens with one attached hydrogen (secondary N) is 2. The van der Waals surface area contributed by atoms with Gasteiger partial charge in [0.15, 0.2) is 0 Å². The number of allylic oxidation sites excluding steroid dienone is 2. The number of aromatic amines is 2. The molecule has 0 fully saturated rings. The molecule has 4 heteroatoms. The van der Waals surface area contributed by atoms with Gasteiger partial charge in [0, 0.05) is 5.69 Å². The van der Waals surface area contributed by atoms with Crippen LogP contribution in [-0.2, 0) is 0 Å². The van der Waals surface area contributed by atoms with Gasteiger partial charge in [0.05, 0.1) is 0 Å². The number of hydrogen-bond acceptors (Lipinski definition) is 2. The van der Waals surface area contributed by atoms with Crippen LogP contribution in [0.15, 0.2) is 16.4 Å². The molecular formula is C10H12N2O2. The predicted molar refractivity (Wildman–Crippen MR) is 52.4 cm³/mol. The molecule has 0 amide bonds. The Kier molecular flexibility index (Phi) is 2.11. The molecule has 0 bridgehead atoms. The third-order valence-corrected chi connectivity index (χ3v) is 2.47. The van der Waals surface area contributed by atoms with Crippen molar-refractivity contribution in [3.05, 3.63) is 33.5 Å². The Bertz CT molecular complexity index is 451. The molecule has 0 atom stereocenters. The average molecular weight is 192 g/mol. The maximum Gasteiger partial charge on any atom is 0.323 e. The number of carbonyl (C=O) groups is 1. The Hall–Kier alpha value is -1.58. The Morgan fingerprint density at radius 2 is 2.21 bits per heavy atom. The molecule has 1 aromatic heterocycles. The van der Waals surface area contributed by atoms with Gasteiger partial charge in [0.1, 0.15) is 5.69 Å². The zero-order valence-corrected chi connectivity index (χ0v) is 8.02. The fraction of sp³-hybridized carbons (Fsp3) is 0.400. The van der Waals surface area contributed by atoms with Crippen molar-refractivity contribution in [2.24, 2.45) is 0 Å². The topological polar surface area (TPSA) is 65.7 Å². The number of aromatic nitrogens is 2. The van der Waals surface area contributed by atoms with Gasteiger partial charge in [-0.05, 0) is 31.8 Å². The van der Waals surface area contributed by atoms with E-state index in [9.17, 15) is 9.59 Å². The van der Waals surface area contributed by atoms with Gasteiger partial charge >= 0.3 is 5.69 Å². The van der Waals surface area contributed by atoms with Crippen molar-refractivity contribution in [2.75, 3.05) is 0 Å². The first-order chi connectivity index (χ1) is 6.68. The molecule has 0 radical (unpaired) electrons. The van der Waals surface area contributed by atoms with Crippen LogP contribution in [0.5, 0.6) is 0 Å². The maximum atomic E-state index is 11.8. The van der Waals surface area contributed by atoms with Crippen LogP contribution in [0.4, 0.5) is 0 Å². The molecule has 1 aromatic rings. The molecule has 0 aromatic carbocycles. The fourth-order valence-corrected chi connectivity index (χ4v) is 1.74. The summed E-state index contributed by atoms with van der Waals surface area (Å²) in [4.78, 5) is 27.8. The van der Waals surface area contributed by atoms with E-state index < -0.39 is 0 Å². The van der Waals surface area contributed by atoms with Crippen LogP contribution in [0.25, 0.3) is 0 Å². The molecule has 4 nitrogen and oxygen atoms in total. The summed E-state index contributed by atoms with van der Waals surface area (Å²) in [7, 11) is 0. The van der Waals surface area contributed by atoms with Crippen molar-refractivity contribution >= 4 is 5.78 Å². The van der Waals surface area contributed by atoms with Crippen LogP contribution in [0, 0.1) is 6.92 Å². The Morgan fingerprint density at radius 3 is 2.71 bits per heavy atom. The van der Waals surface area contributed by atoms with E-state index >= 15 is 0 Å². The molecule has 1 heterocycles. The largest absolute Gasteiger partial charge is 0.323 e. The summed E-state index contributed by atoms with van der Waals surface area (Å²) in [6.07, 6.45) is 4.78. The van der Waals surface area contributed by atoms with Crippen molar-refractivity contribution in [3.63, 3.8) is 0 Å². The summed E-state index contributed by atoms with van der Waals surface area (Å²) >= 11 is 0. The van der Waals surface area contributed by atoms with Gasteiger partial charge in [-0.25, -0.2) is 4.79 Å². The molecule has 74 valence electrons. The van der Waals surface area contributed by atoms with Crippen molar-refractivity contribution in [3.8, 4) is 0 Å². The number of aryl methyl sites for hydroxylation is 1. The number of rotatable bonds is 2. The molecule has 14 heavy (non-hydrogen) atoms. The third kappa shape index (κ3) is 1.43. The highest BCUT2D eigenvalue weighted by molar-refractivity contribution is 6.08. The molecule has 0 aliphatic heterocycles. The molecule has 2 N–H and O–H groups in total. The van der Waals surface area contributed by atoms with Crippen LogP contribution >= 0.6 is 0 Å². The van der Waals surface area contributed by atoms with Crippen molar-refractivity contribution in [2.45, 2.75) is 26.2 Å². The number of carbonyl (C=O) groups excluding carboxylic acids is 1. The normalized spacial score (nSPS) is 15.6. The van der Waals surface area contributed by atoms with Crippen LogP contribution < -0.4 is 5.69 Å². The zero-order valence-electron chi connectivity index (χ0n) is 8.02.